The third-order valence-corrected chi connectivity index (χ3v) is 1.06. The minimum absolute atomic E-state index is 0.650. The standard InChI is InChI=1S/C8H14O4/c1-5(2)4-7(10)12-8(11)6(3)9/h4,6,8-9,11H,1-3H3. The highest BCUT2D eigenvalue weighted by molar-refractivity contribution is 5.82. The number of carbonyl (C=O) groups is 1. The molecule has 0 aliphatic rings. The van der Waals surface area contributed by atoms with Gasteiger partial charge in [-0.25, -0.2) is 4.79 Å². The van der Waals surface area contributed by atoms with Crippen molar-refractivity contribution in [2.45, 2.75) is 33.2 Å². The summed E-state index contributed by atoms with van der Waals surface area (Å²) in [6.45, 7) is 4.80. The van der Waals surface area contributed by atoms with Gasteiger partial charge in [0.2, 0.25) is 6.29 Å². The molecule has 2 atom stereocenters. The molecular weight excluding hydrogens is 160 g/mol. The zero-order chi connectivity index (χ0) is 9.72. The molecule has 2 unspecified atom stereocenters. The first-order chi connectivity index (χ1) is 5.43. The third kappa shape index (κ3) is 4.87. The molecule has 0 rings (SSSR count). The van der Waals surface area contributed by atoms with Crippen LogP contribution in [0, 0.1) is 0 Å². The van der Waals surface area contributed by atoms with E-state index >= 15 is 0 Å². The molecule has 12 heavy (non-hydrogen) atoms. The second-order valence-corrected chi connectivity index (χ2v) is 2.79. The van der Waals surface area contributed by atoms with Gasteiger partial charge in [0.15, 0.2) is 0 Å². The lowest BCUT2D eigenvalue weighted by Gasteiger charge is -2.12. The maximum absolute atomic E-state index is 10.8. The SMILES string of the molecule is CC(C)=CC(=O)OC(O)C(C)O. The van der Waals surface area contributed by atoms with Crippen molar-refractivity contribution in [3.8, 4) is 0 Å². The first-order valence-electron chi connectivity index (χ1n) is 3.65. The van der Waals surface area contributed by atoms with Gasteiger partial charge in [-0.3, -0.25) is 0 Å². The van der Waals surface area contributed by atoms with E-state index in [-0.39, 0.29) is 0 Å². The van der Waals surface area contributed by atoms with E-state index in [0.29, 0.717) is 0 Å². The zero-order valence-electron chi connectivity index (χ0n) is 7.44. The predicted octanol–water partition coefficient (Wildman–Crippen LogP) is 0.195. The van der Waals surface area contributed by atoms with Crippen LogP contribution in [-0.4, -0.2) is 28.6 Å². The Hall–Kier alpha value is -0.870. The molecular formula is C8H14O4. The first kappa shape index (κ1) is 11.1. The fourth-order valence-electron chi connectivity index (χ4n) is 0.487. The highest BCUT2D eigenvalue weighted by atomic mass is 16.6. The molecule has 70 valence electrons. The Morgan fingerprint density at radius 1 is 1.42 bits per heavy atom. The quantitative estimate of drug-likeness (QED) is 0.364. The number of allylic oxidation sites excluding steroid dienone is 1. The van der Waals surface area contributed by atoms with Crippen molar-refractivity contribution in [2.24, 2.45) is 0 Å². The van der Waals surface area contributed by atoms with E-state index in [1.165, 1.54) is 13.0 Å². The second kappa shape index (κ2) is 4.90. The number of carbonyl (C=O) groups excluding carboxylic acids is 1. The van der Waals surface area contributed by atoms with Gasteiger partial charge in [-0.1, -0.05) is 5.57 Å². The molecule has 0 aromatic rings. The van der Waals surface area contributed by atoms with Gasteiger partial charge in [0.1, 0.15) is 6.10 Å². The van der Waals surface area contributed by atoms with Crippen molar-refractivity contribution in [1.29, 1.82) is 0 Å². The second-order valence-electron chi connectivity index (χ2n) is 2.79. The fraction of sp³-hybridized carbons (Fsp3) is 0.625. The molecule has 0 aromatic heterocycles. The lowest BCUT2D eigenvalue weighted by molar-refractivity contribution is -0.178. The van der Waals surface area contributed by atoms with Crippen molar-refractivity contribution >= 4 is 5.97 Å². The summed E-state index contributed by atoms with van der Waals surface area (Å²) in [6.07, 6.45) is -1.28. The number of esters is 1. The Morgan fingerprint density at radius 2 is 1.92 bits per heavy atom. The van der Waals surface area contributed by atoms with Gasteiger partial charge in [-0.05, 0) is 20.8 Å². The number of ether oxygens (including phenoxy) is 1. The molecule has 4 heteroatoms. The molecule has 0 saturated carbocycles. The number of rotatable bonds is 3. The van der Waals surface area contributed by atoms with Crippen molar-refractivity contribution in [2.75, 3.05) is 0 Å². The summed E-state index contributed by atoms with van der Waals surface area (Å²) >= 11 is 0. The smallest absolute Gasteiger partial charge is 0.333 e. The zero-order valence-corrected chi connectivity index (χ0v) is 7.44. The van der Waals surface area contributed by atoms with E-state index in [0.717, 1.165) is 5.57 Å². The van der Waals surface area contributed by atoms with Crippen molar-refractivity contribution < 1.29 is 19.7 Å². The topological polar surface area (TPSA) is 66.8 Å². The van der Waals surface area contributed by atoms with Crippen molar-refractivity contribution in [3.05, 3.63) is 11.6 Å². The predicted molar refractivity (Wildman–Crippen MR) is 43.2 cm³/mol. The van der Waals surface area contributed by atoms with Crippen LogP contribution >= 0.6 is 0 Å². The Bertz CT molecular complexity index is 179. The minimum Gasteiger partial charge on any atom is -0.430 e. The monoisotopic (exact) mass is 174 g/mol. The molecule has 0 heterocycles. The molecule has 0 fully saturated rings. The summed E-state index contributed by atoms with van der Waals surface area (Å²) in [5.41, 5.74) is 0.776. The van der Waals surface area contributed by atoms with E-state index in [1.54, 1.807) is 13.8 Å². The van der Waals surface area contributed by atoms with Gasteiger partial charge < -0.3 is 14.9 Å². The molecule has 4 nitrogen and oxygen atoms in total. The molecule has 0 saturated heterocycles. The Balaban J connectivity index is 3.94. The van der Waals surface area contributed by atoms with E-state index in [2.05, 4.69) is 4.74 Å². The first-order valence-corrected chi connectivity index (χ1v) is 3.65. The summed E-state index contributed by atoms with van der Waals surface area (Å²) in [7, 11) is 0. The number of aliphatic hydroxyl groups excluding tert-OH is 2. The van der Waals surface area contributed by atoms with Gasteiger partial charge >= 0.3 is 5.97 Å². The van der Waals surface area contributed by atoms with Crippen LogP contribution in [0.4, 0.5) is 0 Å². The summed E-state index contributed by atoms with van der Waals surface area (Å²) < 4.78 is 4.41. The lowest BCUT2D eigenvalue weighted by atomic mass is 10.3. The summed E-state index contributed by atoms with van der Waals surface area (Å²) in [6, 6.07) is 0. The molecule has 0 spiro atoms. The van der Waals surface area contributed by atoms with E-state index in [4.69, 9.17) is 10.2 Å². The minimum atomic E-state index is -1.45. The highest BCUT2D eigenvalue weighted by Crippen LogP contribution is 1.97. The molecule has 0 aromatic carbocycles. The summed E-state index contributed by atoms with van der Waals surface area (Å²) in [5.74, 6) is -0.650. The molecule has 0 bridgehead atoms. The van der Waals surface area contributed by atoms with Crippen LogP contribution in [-0.2, 0) is 9.53 Å². The lowest BCUT2D eigenvalue weighted by Crippen LogP contribution is -2.27. The average Bonchev–Trinajstić information content (AvgIpc) is 1.84. The van der Waals surface area contributed by atoms with Crippen LogP contribution in [0.15, 0.2) is 11.6 Å². The van der Waals surface area contributed by atoms with E-state index in [1.807, 2.05) is 0 Å². The Labute approximate surface area is 71.5 Å². The van der Waals surface area contributed by atoms with Crippen molar-refractivity contribution in [3.63, 3.8) is 0 Å². The molecule has 0 radical (unpaired) electrons. The maximum atomic E-state index is 10.8. The fourth-order valence-corrected chi connectivity index (χ4v) is 0.487. The average molecular weight is 174 g/mol. The van der Waals surface area contributed by atoms with E-state index in [9.17, 15) is 4.79 Å². The van der Waals surface area contributed by atoms with Gasteiger partial charge in [0, 0.05) is 6.08 Å². The summed E-state index contributed by atoms with van der Waals surface area (Å²) in [5, 5.41) is 17.6. The molecule has 0 aliphatic carbocycles. The normalized spacial score (nSPS) is 14.8. The van der Waals surface area contributed by atoms with Gasteiger partial charge in [0.05, 0.1) is 0 Å². The van der Waals surface area contributed by atoms with Crippen LogP contribution < -0.4 is 0 Å². The molecule has 0 aliphatic heterocycles. The van der Waals surface area contributed by atoms with Gasteiger partial charge in [-0.15, -0.1) is 0 Å². The molecule has 2 N–H and O–H groups in total. The largest absolute Gasteiger partial charge is 0.430 e. The molecule has 0 amide bonds. The van der Waals surface area contributed by atoms with Gasteiger partial charge in [0.25, 0.3) is 0 Å². The number of aliphatic hydroxyl groups is 2. The Morgan fingerprint density at radius 3 is 2.25 bits per heavy atom. The summed E-state index contributed by atoms with van der Waals surface area (Å²) in [4.78, 5) is 10.8. The highest BCUT2D eigenvalue weighted by Gasteiger charge is 2.14. The maximum Gasteiger partial charge on any atom is 0.333 e. The van der Waals surface area contributed by atoms with E-state index < -0.39 is 18.4 Å². The van der Waals surface area contributed by atoms with Crippen LogP contribution in [0.25, 0.3) is 0 Å². The number of hydrogen-bond donors (Lipinski definition) is 2. The van der Waals surface area contributed by atoms with Crippen LogP contribution in [0.1, 0.15) is 20.8 Å². The number of hydrogen-bond acceptors (Lipinski definition) is 4. The van der Waals surface area contributed by atoms with Crippen LogP contribution in [0.5, 0.6) is 0 Å². The van der Waals surface area contributed by atoms with Crippen LogP contribution in [0.3, 0.4) is 0 Å². The van der Waals surface area contributed by atoms with Crippen molar-refractivity contribution in [1.82, 2.24) is 0 Å². The third-order valence-electron chi connectivity index (χ3n) is 1.06. The van der Waals surface area contributed by atoms with Crippen LogP contribution in [0.2, 0.25) is 0 Å². The van der Waals surface area contributed by atoms with Gasteiger partial charge in [-0.2, -0.15) is 0 Å². The Kier molecular flexibility index (Phi) is 4.54.